The summed E-state index contributed by atoms with van der Waals surface area (Å²) >= 11 is 0. The fourth-order valence-electron chi connectivity index (χ4n) is 1.90. The highest BCUT2D eigenvalue weighted by molar-refractivity contribution is 5.91. The summed E-state index contributed by atoms with van der Waals surface area (Å²) in [5, 5.41) is 9.03. The lowest BCUT2D eigenvalue weighted by molar-refractivity contribution is 0.0696. The third-order valence-electron chi connectivity index (χ3n) is 3.35. The van der Waals surface area contributed by atoms with Crippen molar-refractivity contribution in [1.29, 1.82) is 0 Å². The van der Waals surface area contributed by atoms with Crippen LogP contribution in [0, 0.1) is 5.92 Å². The molecule has 0 aliphatic heterocycles. The van der Waals surface area contributed by atoms with Crippen molar-refractivity contribution in [3.63, 3.8) is 0 Å². The second-order valence-electron chi connectivity index (χ2n) is 5.23. The van der Waals surface area contributed by atoms with E-state index in [9.17, 15) is 9.59 Å². The third-order valence-corrected chi connectivity index (χ3v) is 3.35. The van der Waals surface area contributed by atoms with Gasteiger partial charge in [0.25, 0.3) is 0 Å². The molecule has 0 unspecified atom stereocenters. The van der Waals surface area contributed by atoms with Crippen LogP contribution in [0.1, 0.15) is 43.0 Å². The second-order valence-corrected chi connectivity index (χ2v) is 5.23. The van der Waals surface area contributed by atoms with E-state index >= 15 is 0 Å². The molecule has 1 heterocycles. The first kappa shape index (κ1) is 15.3. The lowest BCUT2D eigenvalue weighted by atomic mass is 10.2. The summed E-state index contributed by atoms with van der Waals surface area (Å²) in [6.45, 7) is 2.92. The Hall–Kier alpha value is -2.11. The fraction of sp³-hybridized carbons (Fsp3) is 0.533. The molecule has 1 aromatic rings. The van der Waals surface area contributed by atoms with Crippen molar-refractivity contribution >= 4 is 17.9 Å². The maximum Gasteiger partial charge on any atom is 0.415 e. The van der Waals surface area contributed by atoms with Crippen LogP contribution >= 0.6 is 0 Å². The number of pyridine rings is 1. The molecule has 0 radical (unpaired) electrons. The van der Waals surface area contributed by atoms with Gasteiger partial charge >= 0.3 is 12.1 Å². The van der Waals surface area contributed by atoms with Gasteiger partial charge in [-0.2, -0.15) is 0 Å². The van der Waals surface area contributed by atoms with Crippen molar-refractivity contribution in [2.75, 3.05) is 18.1 Å². The number of aromatic nitrogens is 1. The number of carboxylic acids is 1. The normalized spacial score (nSPS) is 13.8. The quantitative estimate of drug-likeness (QED) is 0.781. The van der Waals surface area contributed by atoms with Crippen LogP contribution in [-0.2, 0) is 4.74 Å². The highest BCUT2D eigenvalue weighted by Crippen LogP contribution is 2.31. The Labute approximate surface area is 123 Å². The molecule has 21 heavy (non-hydrogen) atoms. The van der Waals surface area contributed by atoms with Crippen molar-refractivity contribution in [3.8, 4) is 0 Å². The Morgan fingerprint density at radius 2 is 2.24 bits per heavy atom. The van der Waals surface area contributed by atoms with E-state index in [0.717, 1.165) is 25.7 Å². The standard InChI is InChI=1S/C15H20N2O4/c1-2-3-8-21-15(20)17(10-11-4-5-11)13-9-12(14(18)19)6-7-16-13/h6-7,9,11H,2-5,8,10H2,1H3,(H,18,19). The summed E-state index contributed by atoms with van der Waals surface area (Å²) in [4.78, 5) is 28.8. The van der Waals surface area contributed by atoms with E-state index in [-0.39, 0.29) is 5.56 Å². The molecule has 0 bridgehead atoms. The minimum Gasteiger partial charge on any atom is -0.478 e. The Bertz CT molecular complexity index is 514. The minimum absolute atomic E-state index is 0.113. The van der Waals surface area contributed by atoms with Crippen molar-refractivity contribution in [2.45, 2.75) is 32.6 Å². The molecule has 6 heteroatoms. The Morgan fingerprint density at radius 1 is 1.48 bits per heavy atom. The van der Waals surface area contributed by atoms with E-state index in [1.54, 1.807) is 0 Å². The van der Waals surface area contributed by atoms with E-state index in [1.165, 1.54) is 23.2 Å². The fourth-order valence-corrected chi connectivity index (χ4v) is 1.90. The maximum atomic E-state index is 12.2. The van der Waals surface area contributed by atoms with Gasteiger partial charge in [0.15, 0.2) is 0 Å². The number of carbonyl (C=O) groups excluding carboxylic acids is 1. The molecule has 1 saturated carbocycles. The van der Waals surface area contributed by atoms with E-state index in [0.29, 0.717) is 24.9 Å². The number of ether oxygens (including phenoxy) is 1. The largest absolute Gasteiger partial charge is 0.478 e. The van der Waals surface area contributed by atoms with Crippen molar-refractivity contribution < 1.29 is 19.4 Å². The molecule has 114 valence electrons. The first-order valence-corrected chi connectivity index (χ1v) is 7.25. The number of aromatic carboxylic acids is 1. The van der Waals surface area contributed by atoms with E-state index in [4.69, 9.17) is 9.84 Å². The summed E-state index contributed by atoms with van der Waals surface area (Å²) in [5.41, 5.74) is 0.113. The summed E-state index contributed by atoms with van der Waals surface area (Å²) < 4.78 is 5.23. The molecule has 0 aromatic carbocycles. The van der Waals surface area contributed by atoms with Crippen LogP contribution in [0.3, 0.4) is 0 Å². The zero-order valence-corrected chi connectivity index (χ0v) is 12.1. The zero-order chi connectivity index (χ0) is 15.2. The molecule has 1 amide bonds. The smallest absolute Gasteiger partial charge is 0.415 e. The Balaban J connectivity index is 2.12. The number of unbranched alkanes of at least 4 members (excludes halogenated alkanes) is 1. The SMILES string of the molecule is CCCCOC(=O)N(CC1CC1)c1cc(C(=O)O)ccn1. The molecule has 1 aliphatic rings. The van der Waals surface area contributed by atoms with Gasteiger partial charge < -0.3 is 9.84 Å². The van der Waals surface area contributed by atoms with Gasteiger partial charge in [-0.05, 0) is 37.3 Å². The average Bonchev–Trinajstić information content (AvgIpc) is 3.29. The van der Waals surface area contributed by atoms with E-state index in [1.807, 2.05) is 6.92 Å². The predicted octanol–water partition coefficient (Wildman–Crippen LogP) is 2.93. The lowest BCUT2D eigenvalue weighted by Gasteiger charge is -2.21. The highest BCUT2D eigenvalue weighted by atomic mass is 16.6. The zero-order valence-electron chi connectivity index (χ0n) is 12.1. The summed E-state index contributed by atoms with van der Waals surface area (Å²) in [6.07, 6.45) is 4.87. The summed E-state index contributed by atoms with van der Waals surface area (Å²) in [6, 6.07) is 2.81. The van der Waals surface area contributed by atoms with Crippen LogP contribution in [0.2, 0.25) is 0 Å². The summed E-state index contributed by atoms with van der Waals surface area (Å²) in [5.74, 6) is -0.244. The average molecular weight is 292 g/mol. The summed E-state index contributed by atoms with van der Waals surface area (Å²) in [7, 11) is 0. The van der Waals surface area contributed by atoms with Gasteiger partial charge in [0.05, 0.1) is 12.2 Å². The number of anilines is 1. The molecular formula is C15H20N2O4. The van der Waals surface area contributed by atoms with Gasteiger partial charge in [-0.25, -0.2) is 14.6 Å². The lowest BCUT2D eigenvalue weighted by Crippen LogP contribution is -2.34. The molecule has 0 spiro atoms. The van der Waals surface area contributed by atoms with Crippen molar-refractivity contribution in [3.05, 3.63) is 23.9 Å². The van der Waals surface area contributed by atoms with Crippen LogP contribution < -0.4 is 4.90 Å². The van der Waals surface area contributed by atoms with Crippen LogP contribution in [0.15, 0.2) is 18.3 Å². The van der Waals surface area contributed by atoms with E-state index in [2.05, 4.69) is 4.98 Å². The minimum atomic E-state index is -1.04. The molecule has 1 aliphatic carbocycles. The molecule has 1 aromatic heterocycles. The number of carboxylic acid groups (broad SMARTS) is 1. The molecular weight excluding hydrogens is 272 g/mol. The first-order valence-electron chi connectivity index (χ1n) is 7.25. The monoisotopic (exact) mass is 292 g/mol. The van der Waals surface area contributed by atoms with Gasteiger partial charge in [0.1, 0.15) is 5.82 Å². The van der Waals surface area contributed by atoms with Crippen LogP contribution in [0.4, 0.5) is 10.6 Å². The van der Waals surface area contributed by atoms with Crippen LogP contribution in [0.5, 0.6) is 0 Å². The number of amides is 1. The maximum absolute atomic E-state index is 12.2. The highest BCUT2D eigenvalue weighted by Gasteiger charge is 2.29. The van der Waals surface area contributed by atoms with Gasteiger partial charge in [0.2, 0.25) is 0 Å². The van der Waals surface area contributed by atoms with Gasteiger partial charge in [-0.1, -0.05) is 13.3 Å². The molecule has 1 N–H and O–H groups in total. The Morgan fingerprint density at radius 3 is 2.86 bits per heavy atom. The number of hydrogen-bond donors (Lipinski definition) is 1. The Kier molecular flexibility index (Phi) is 5.14. The van der Waals surface area contributed by atoms with Crippen LogP contribution in [-0.4, -0.2) is 35.3 Å². The molecule has 0 atom stereocenters. The molecule has 1 fully saturated rings. The van der Waals surface area contributed by atoms with Crippen molar-refractivity contribution in [2.24, 2.45) is 5.92 Å². The number of rotatable bonds is 7. The molecule has 2 rings (SSSR count). The van der Waals surface area contributed by atoms with Gasteiger partial charge in [0, 0.05) is 12.7 Å². The number of nitrogens with zero attached hydrogens (tertiary/aromatic N) is 2. The molecule has 0 saturated heterocycles. The van der Waals surface area contributed by atoms with Crippen LogP contribution in [0.25, 0.3) is 0 Å². The predicted molar refractivity (Wildman–Crippen MR) is 77.5 cm³/mol. The van der Waals surface area contributed by atoms with E-state index < -0.39 is 12.1 Å². The number of hydrogen-bond acceptors (Lipinski definition) is 4. The van der Waals surface area contributed by atoms with Gasteiger partial charge in [-0.15, -0.1) is 0 Å². The topological polar surface area (TPSA) is 79.7 Å². The first-order chi connectivity index (χ1) is 10.1. The number of carbonyl (C=O) groups is 2. The second kappa shape index (κ2) is 7.06. The third kappa shape index (κ3) is 4.44. The van der Waals surface area contributed by atoms with Gasteiger partial charge in [-0.3, -0.25) is 4.90 Å². The molecule has 6 nitrogen and oxygen atoms in total. The van der Waals surface area contributed by atoms with Crippen molar-refractivity contribution in [1.82, 2.24) is 4.98 Å².